The third-order valence-corrected chi connectivity index (χ3v) is 4.70. The molecular formula is C20H19FN2O2S. The third-order valence-electron chi connectivity index (χ3n) is 3.88. The molecule has 0 aliphatic heterocycles. The predicted molar refractivity (Wildman–Crippen MR) is 99.9 cm³/mol. The molecule has 3 aromatic rings. The van der Waals surface area contributed by atoms with Gasteiger partial charge in [0.2, 0.25) is 5.89 Å². The van der Waals surface area contributed by atoms with Crippen LogP contribution in [0.1, 0.15) is 36.7 Å². The van der Waals surface area contributed by atoms with Crippen LogP contribution in [0, 0.1) is 5.82 Å². The fourth-order valence-corrected chi connectivity index (χ4v) is 3.03. The highest BCUT2D eigenvalue weighted by atomic mass is 32.2. The molecule has 0 aliphatic carbocycles. The summed E-state index contributed by atoms with van der Waals surface area (Å²) in [5.41, 5.74) is 2.45. The van der Waals surface area contributed by atoms with Crippen LogP contribution < -0.4 is 0 Å². The molecule has 134 valence electrons. The summed E-state index contributed by atoms with van der Waals surface area (Å²) in [5, 5.41) is 8.31. The van der Waals surface area contributed by atoms with E-state index in [1.165, 1.54) is 23.8 Å². The molecule has 0 unspecified atom stereocenters. The maximum Gasteiger partial charge on any atom is 0.277 e. The quantitative estimate of drug-likeness (QED) is 0.459. The standard InChI is InChI=1S/C20H19FN2O2S/c1-20(2,3)15-9-7-13(8-10-15)18-22-23-19(25-18)26-12-17(24)14-5-4-6-16(21)11-14/h4-11H,12H2,1-3H3. The zero-order chi connectivity index (χ0) is 18.7. The van der Waals surface area contributed by atoms with Crippen molar-refractivity contribution < 1.29 is 13.6 Å². The third kappa shape index (κ3) is 4.38. The van der Waals surface area contributed by atoms with Gasteiger partial charge in [-0.15, -0.1) is 10.2 Å². The van der Waals surface area contributed by atoms with Crippen molar-refractivity contribution in [2.24, 2.45) is 0 Å². The Morgan fingerprint density at radius 3 is 2.50 bits per heavy atom. The fourth-order valence-electron chi connectivity index (χ4n) is 2.37. The minimum atomic E-state index is -0.431. The fraction of sp³-hybridized carbons (Fsp3) is 0.250. The minimum absolute atomic E-state index is 0.0751. The molecule has 0 bridgehead atoms. The molecule has 0 saturated carbocycles. The summed E-state index contributed by atoms with van der Waals surface area (Å²) in [7, 11) is 0. The van der Waals surface area contributed by atoms with Gasteiger partial charge in [-0.1, -0.05) is 56.8 Å². The number of aromatic nitrogens is 2. The van der Waals surface area contributed by atoms with Gasteiger partial charge >= 0.3 is 0 Å². The molecule has 1 heterocycles. The van der Waals surface area contributed by atoms with E-state index in [-0.39, 0.29) is 17.0 Å². The van der Waals surface area contributed by atoms with Gasteiger partial charge in [0.25, 0.3) is 5.22 Å². The lowest BCUT2D eigenvalue weighted by Gasteiger charge is -2.18. The highest BCUT2D eigenvalue weighted by Crippen LogP contribution is 2.27. The second-order valence-electron chi connectivity index (χ2n) is 6.92. The van der Waals surface area contributed by atoms with Crippen LogP contribution in [0.3, 0.4) is 0 Å². The SMILES string of the molecule is CC(C)(C)c1ccc(-c2nnc(SCC(=O)c3cccc(F)c3)o2)cc1. The van der Waals surface area contributed by atoms with Crippen LogP contribution in [0.5, 0.6) is 0 Å². The van der Waals surface area contributed by atoms with E-state index in [4.69, 9.17) is 4.42 Å². The number of benzene rings is 2. The maximum absolute atomic E-state index is 13.2. The Morgan fingerprint density at radius 2 is 1.85 bits per heavy atom. The monoisotopic (exact) mass is 370 g/mol. The van der Waals surface area contributed by atoms with Crippen molar-refractivity contribution in [2.75, 3.05) is 5.75 Å². The Morgan fingerprint density at radius 1 is 1.12 bits per heavy atom. The van der Waals surface area contributed by atoms with E-state index in [9.17, 15) is 9.18 Å². The molecule has 0 fully saturated rings. The molecule has 0 saturated heterocycles. The molecule has 0 amide bonds. The number of halogens is 1. The van der Waals surface area contributed by atoms with Crippen molar-refractivity contribution in [1.82, 2.24) is 10.2 Å². The first-order chi connectivity index (χ1) is 12.3. The molecule has 0 spiro atoms. The Balaban J connectivity index is 1.65. The Labute approximate surface area is 155 Å². The minimum Gasteiger partial charge on any atom is -0.411 e. The molecule has 0 aliphatic rings. The first-order valence-corrected chi connectivity index (χ1v) is 9.17. The highest BCUT2D eigenvalue weighted by molar-refractivity contribution is 7.99. The van der Waals surface area contributed by atoms with E-state index in [2.05, 4.69) is 31.0 Å². The number of hydrogen-bond donors (Lipinski definition) is 0. The number of carbonyl (C=O) groups excluding carboxylic acids is 1. The van der Waals surface area contributed by atoms with Crippen LogP contribution in [-0.2, 0) is 5.41 Å². The van der Waals surface area contributed by atoms with Gasteiger partial charge in [0.1, 0.15) is 5.82 Å². The largest absolute Gasteiger partial charge is 0.411 e. The maximum atomic E-state index is 13.2. The number of rotatable bonds is 5. The van der Waals surface area contributed by atoms with Gasteiger partial charge in [-0.25, -0.2) is 4.39 Å². The smallest absolute Gasteiger partial charge is 0.277 e. The zero-order valence-electron chi connectivity index (χ0n) is 14.8. The predicted octanol–water partition coefficient (Wildman–Crippen LogP) is 5.15. The van der Waals surface area contributed by atoms with Crippen molar-refractivity contribution in [3.05, 3.63) is 65.5 Å². The Hall–Kier alpha value is -2.47. The highest BCUT2D eigenvalue weighted by Gasteiger charge is 2.15. The lowest BCUT2D eigenvalue weighted by atomic mass is 9.87. The Kier molecular flexibility index (Phi) is 5.23. The van der Waals surface area contributed by atoms with Crippen LogP contribution in [-0.4, -0.2) is 21.7 Å². The first kappa shape index (κ1) is 18.3. The van der Waals surface area contributed by atoms with Gasteiger partial charge in [-0.3, -0.25) is 4.79 Å². The van der Waals surface area contributed by atoms with Crippen LogP contribution in [0.15, 0.2) is 58.2 Å². The summed E-state index contributed by atoms with van der Waals surface area (Å²) in [6, 6.07) is 13.6. The van der Waals surface area contributed by atoms with Gasteiger partial charge in [0, 0.05) is 11.1 Å². The van der Waals surface area contributed by atoms with E-state index >= 15 is 0 Å². The summed E-state index contributed by atoms with van der Waals surface area (Å²) in [6.45, 7) is 6.46. The van der Waals surface area contributed by atoms with Crippen LogP contribution in [0.25, 0.3) is 11.5 Å². The van der Waals surface area contributed by atoms with E-state index in [0.717, 1.165) is 17.3 Å². The van der Waals surface area contributed by atoms with E-state index < -0.39 is 5.82 Å². The molecule has 0 atom stereocenters. The molecule has 0 N–H and O–H groups in total. The molecule has 0 radical (unpaired) electrons. The average molecular weight is 370 g/mol. The normalized spacial score (nSPS) is 11.5. The molecule has 26 heavy (non-hydrogen) atoms. The van der Waals surface area contributed by atoms with E-state index in [1.54, 1.807) is 6.07 Å². The van der Waals surface area contributed by atoms with Crippen LogP contribution >= 0.6 is 11.8 Å². The second kappa shape index (κ2) is 7.41. The summed E-state index contributed by atoms with van der Waals surface area (Å²) < 4.78 is 18.8. The molecule has 1 aromatic heterocycles. The van der Waals surface area contributed by atoms with Crippen molar-refractivity contribution in [3.63, 3.8) is 0 Å². The lowest BCUT2D eigenvalue weighted by Crippen LogP contribution is -2.10. The van der Waals surface area contributed by atoms with Gasteiger partial charge in [-0.2, -0.15) is 0 Å². The zero-order valence-corrected chi connectivity index (χ0v) is 15.6. The Bertz CT molecular complexity index is 914. The number of nitrogens with zero attached hydrogens (tertiary/aromatic N) is 2. The van der Waals surface area contributed by atoms with E-state index in [1.807, 2.05) is 24.3 Å². The number of ketones is 1. The van der Waals surface area contributed by atoms with Gasteiger partial charge in [0.15, 0.2) is 5.78 Å². The number of carbonyl (C=O) groups is 1. The van der Waals surface area contributed by atoms with E-state index in [0.29, 0.717) is 16.7 Å². The van der Waals surface area contributed by atoms with Gasteiger partial charge < -0.3 is 4.42 Å². The lowest BCUT2D eigenvalue weighted by molar-refractivity contribution is 0.102. The molecule has 3 rings (SSSR count). The molecule has 2 aromatic carbocycles. The van der Waals surface area contributed by atoms with Crippen molar-refractivity contribution in [1.29, 1.82) is 0 Å². The second-order valence-corrected chi connectivity index (χ2v) is 7.85. The summed E-state index contributed by atoms with van der Waals surface area (Å²) >= 11 is 1.14. The van der Waals surface area contributed by atoms with Crippen LogP contribution in [0.2, 0.25) is 0 Å². The molecule has 4 nitrogen and oxygen atoms in total. The summed E-state index contributed by atoms with van der Waals surface area (Å²) in [4.78, 5) is 12.1. The first-order valence-electron chi connectivity index (χ1n) is 8.19. The van der Waals surface area contributed by atoms with Crippen LogP contribution in [0.4, 0.5) is 4.39 Å². The summed E-state index contributed by atoms with van der Waals surface area (Å²) in [5.74, 6) is -0.108. The number of thioether (sulfide) groups is 1. The van der Waals surface area contributed by atoms with Crippen molar-refractivity contribution in [2.45, 2.75) is 31.4 Å². The number of hydrogen-bond acceptors (Lipinski definition) is 5. The van der Waals surface area contributed by atoms with Crippen molar-refractivity contribution in [3.8, 4) is 11.5 Å². The van der Waals surface area contributed by atoms with Gasteiger partial charge in [0.05, 0.1) is 5.75 Å². The van der Waals surface area contributed by atoms with Crippen molar-refractivity contribution >= 4 is 17.5 Å². The molecular weight excluding hydrogens is 351 g/mol. The van der Waals surface area contributed by atoms with Gasteiger partial charge in [-0.05, 0) is 35.2 Å². The summed E-state index contributed by atoms with van der Waals surface area (Å²) in [6.07, 6.45) is 0. The topological polar surface area (TPSA) is 56.0 Å². The number of Topliss-reactive ketones (excluding diaryl/α,β-unsaturated/α-hetero) is 1. The average Bonchev–Trinajstić information content (AvgIpc) is 3.08. The molecule has 6 heteroatoms.